The van der Waals surface area contributed by atoms with Crippen molar-refractivity contribution in [2.75, 3.05) is 5.75 Å². The van der Waals surface area contributed by atoms with Crippen molar-refractivity contribution in [2.24, 2.45) is 10.2 Å². The number of H-pyrrole nitrogens is 1. The molecule has 9 heteroatoms. The second-order valence-electron chi connectivity index (χ2n) is 7.81. The van der Waals surface area contributed by atoms with E-state index in [2.05, 4.69) is 31.1 Å². The summed E-state index contributed by atoms with van der Waals surface area (Å²) in [6.07, 6.45) is 0. The first-order valence-electron chi connectivity index (χ1n) is 10.5. The van der Waals surface area contributed by atoms with Crippen LogP contribution in [-0.4, -0.2) is 32.6 Å². The van der Waals surface area contributed by atoms with Gasteiger partial charge in [0.15, 0.2) is 5.69 Å². The maximum absolute atomic E-state index is 12.6. The number of hydrogen-bond acceptors (Lipinski definition) is 5. The van der Waals surface area contributed by atoms with Crippen LogP contribution in [0.2, 0.25) is 0 Å². The van der Waals surface area contributed by atoms with Crippen LogP contribution in [0.4, 0.5) is 5.69 Å². The summed E-state index contributed by atoms with van der Waals surface area (Å²) in [4.78, 5) is 29.8. The Kier molecular flexibility index (Phi) is 6.21. The number of aromatic hydroxyl groups is 1. The molecular formula is C25H19BrN4O3S. The van der Waals surface area contributed by atoms with Gasteiger partial charge in [0.25, 0.3) is 5.91 Å². The lowest BCUT2D eigenvalue weighted by molar-refractivity contribution is -0.128. The highest BCUT2D eigenvalue weighted by Crippen LogP contribution is 2.40. The quantitative estimate of drug-likeness (QED) is 0.292. The molecule has 1 aliphatic rings. The van der Waals surface area contributed by atoms with Crippen LogP contribution < -0.4 is 0 Å². The minimum atomic E-state index is -0.522. The largest absolute Gasteiger partial charge is 0.493 e. The van der Waals surface area contributed by atoms with E-state index in [9.17, 15) is 14.7 Å². The van der Waals surface area contributed by atoms with Crippen LogP contribution in [0.15, 0.2) is 87.5 Å². The number of carbonyl (C=O) groups excluding carboxylic acids is 2. The standard InChI is InChI=1S/C25H19BrN4O3S/c26-18-10-11-20-19(12-18)22(24(33)27-20)28-29-23(32)16-6-8-17(9-7-16)25-30(21(31)14-34-25)13-15-4-2-1-3-5-15/h1-12,25,27,33H,13-14H2. The van der Waals surface area contributed by atoms with Gasteiger partial charge in [-0.25, -0.2) is 0 Å². The van der Waals surface area contributed by atoms with E-state index in [1.165, 1.54) is 0 Å². The number of rotatable bonds is 5. The van der Waals surface area contributed by atoms with Gasteiger partial charge < -0.3 is 15.0 Å². The topological polar surface area (TPSA) is 98.1 Å². The fourth-order valence-electron chi connectivity index (χ4n) is 3.86. The van der Waals surface area contributed by atoms with Gasteiger partial charge in [0.1, 0.15) is 5.37 Å². The molecule has 2 amide bonds. The third-order valence-corrected chi connectivity index (χ3v) is 7.31. The van der Waals surface area contributed by atoms with Crippen LogP contribution in [0.1, 0.15) is 26.9 Å². The first-order chi connectivity index (χ1) is 16.5. The fraction of sp³-hybridized carbons (Fsp3) is 0.120. The average molecular weight is 535 g/mol. The van der Waals surface area contributed by atoms with Gasteiger partial charge in [-0.3, -0.25) is 9.59 Å². The fourth-order valence-corrected chi connectivity index (χ4v) is 5.41. The van der Waals surface area contributed by atoms with Crippen LogP contribution in [0, 0.1) is 0 Å². The minimum absolute atomic E-state index is 0.0954. The molecule has 1 saturated heterocycles. The Labute approximate surface area is 208 Å². The van der Waals surface area contributed by atoms with Crippen LogP contribution in [0.3, 0.4) is 0 Å². The summed E-state index contributed by atoms with van der Waals surface area (Å²) in [6, 6.07) is 22.4. The molecule has 4 aromatic rings. The second kappa shape index (κ2) is 9.44. The summed E-state index contributed by atoms with van der Waals surface area (Å²) in [7, 11) is 0. The number of nitrogens with zero attached hydrogens (tertiary/aromatic N) is 3. The Morgan fingerprint density at radius 1 is 1.12 bits per heavy atom. The predicted octanol–water partition coefficient (Wildman–Crippen LogP) is 6.33. The summed E-state index contributed by atoms with van der Waals surface area (Å²) in [5.74, 6) is -0.151. The van der Waals surface area contributed by atoms with Crippen molar-refractivity contribution in [1.82, 2.24) is 9.88 Å². The highest BCUT2D eigenvalue weighted by Gasteiger charge is 2.32. The number of halogens is 1. The highest BCUT2D eigenvalue weighted by molar-refractivity contribution is 9.10. The molecule has 2 N–H and O–H groups in total. The number of amides is 2. The number of hydrogen-bond donors (Lipinski definition) is 2. The molecule has 0 aliphatic carbocycles. The third-order valence-electron chi connectivity index (χ3n) is 5.56. The molecule has 0 saturated carbocycles. The molecule has 0 radical (unpaired) electrons. The molecule has 1 atom stereocenters. The lowest BCUT2D eigenvalue weighted by atomic mass is 10.1. The van der Waals surface area contributed by atoms with Gasteiger partial charge in [-0.1, -0.05) is 58.4 Å². The van der Waals surface area contributed by atoms with E-state index >= 15 is 0 Å². The van der Waals surface area contributed by atoms with E-state index in [1.807, 2.05) is 53.4 Å². The van der Waals surface area contributed by atoms with Gasteiger partial charge in [0.2, 0.25) is 11.8 Å². The first kappa shape index (κ1) is 22.4. The van der Waals surface area contributed by atoms with Crippen molar-refractivity contribution < 1.29 is 14.7 Å². The molecule has 0 spiro atoms. The first-order valence-corrected chi connectivity index (χ1v) is 12.3. The molecule has 34 heavy (non-hydrogen) atoms. The maximum atomic E-state index is 12.6. The zero-order valence-corrected chi connectivity index (χ0v) is 20.2. The van der Waals surface area contributed by atoms with E-state index in [0.29, 0.717) is 28.8 Å². The Balaban J connectivity index is 1.33. The zero-order valence-electron chi connectivity index (χ0n) is 17.8. The van der Waals surface area contributed by atoms with Gasteiger partial charge >= 0.3 is 0 Å². The van der Waals surface area contributed by atoms with Crippen molar-refractivity contribution >= 4 is 56.1 Å². The van der Waals surface area contributed by atoms with Crippen LogP contribution in [0.25, 0.3) is 10.9 Å². The lowest BCUT2D eigenvalue weighted by Crippen LogP contribution is -2.27. The molecule has 0 bridgehead atoms. The van der Waals surface area contributed by atoms with Crippen molar-refractivity contribution in [3.8, 4) is 5.88 Å². The van der Waals surface area contributed by atoms with Gasteiger partial charge in [-0.2, -0.15) is 0 Å². The molecule has 1 aromatic heterocycles. The Morgan fingerprint density at radius 3 is 2.65 bits per heavy atom. The number of nitrogens with one attached hydrogen (secondary N) is 1. The van der Waals surface area contributed by atoms with Crippen LogP contribution in [-0.2, 0) is 11.3 Å². The number of azo groups is 1. The molecule has 1 fully saturated rings. The summed E-state index contributed by atoms with van der Waals surface area (Å²) in [5.41, 5.74) is 3.29. The molecule has 3 aromatic carbocycles. The van der Waals surface area contributed by atoms with Gasteiger partial charge in [-0.15, -0.1) is 22.0 Å². The second-order valence-corrected chi connectivity index (χ2v) is 9.79. The molecule has 1 aliphatic heterocycles. The van der Waals surface area contributed by atoms with E-state index < -0.39 is 5.91 Å². The van der Waals surface area contributed by atoms with Gasteiger partial charge in [0.05, 0.1) is 11.3 Å². The summed E-state index contributed by atoms with van der Waals surface area (Å²) >= 11 is 4.96. The molecule has 2 heterocycles. The lowest BCUT2D eigenvalue weighted by Gasteiger charge is -2.24. The summed E-state index contributed by atoms with van der Waals surface area (Å²) in [5, 5.41) is 18.5. The van der Waals surface area contributed by atoms with Crippen molar-refractivity contribution in [3.63, 3.8) is 0 Å². The van der Waals surface area contributed by atoms with Gasteiger partial charge in [0, 0.05) is 22.0 Å². The number of thioether (sulfide) groups is 1. The minimum Gasteiger partial charge on any atom is -0.493 e. The van der Waals surface area contributed by atoms with Crippen molar-refractivity contribution in [3.05, 3.63) is 94.0 Å². The normalized spacial score (nSPS) is 16.1. The summed E-state index contributed by atoms with van der Waals surface area (Å²) < 4.78 is 0.821. The average Bonchev–Trinajstić information content (AvgIpc) is 3.36. The van der Waals surface area contributed by atoms with E-state index in [4.69, 9.17) is 0 Å². The smallest absolute Gasteiger partial charge is 0.295 e. The third kappa shape index (κ3) is 4.49. The van der Waals surface area contributed by atoms with E-state index in [-0.39, 0.29) is 22.8 Å². The molecule has 1 unspecified atom stereocenters. The zero-order chi connectivity index (χ0) is 23.7. The maximum Gasteiger partial charge on any atom is 0.295 e. The number of benzene rings is 3. The monoisotopic (exact) mass is 534 g/mol. The van der Waals surface area contributed by atoms with Gasteiger partial charge in [-0.05, 0) is 41.5 Å². The Hall–Kier alpha value is -3.43. The number of aromatic amines is 1. The highest BCUT2D eigenvalue weighted by atomic mass is 79.9. The summed E-state index contributed by atoms with van der Waals surface area (Å²) in [6.45, 7) is 0.538. The molecule has 170 valence electrons. The molecule has 5 rings (SSSR count). The Bertz CT molecular complexity index is 1400. The molecule has 7 nitrogen and oxygen atoms in total. The van der Waals surface area contributed by atoms with E-state index in [1.54, 1.807) is 36.0 Å². The van der Waals surface area contributed by atoms with E-state index in [0.717, 1.165) is 15.6 Å². The van der Waals surface area contributed by atoms with Crippen molar-refractivity contribution in [1.29, 1.82) is 0 Å². The number of aromatic nitrogens is 1. The predicted molar refractivity (Wildman–Crippen MR) is 135 cm³/mol. The Morgan fingerprint density at radius 2 is 1.88 bits per heavy atom. The SMILES string of the molecule is O=C(N=Nc1c(O)[nH]c2ccc(Br)cc12)c1ccc(C2SCC(=O)N2Cc2ccccc2)cc1. The van der Waals surface area contributed by atoms with Crippen LogP contribution >= 0.6 is 27.7 Å². The van der Waals surface area contributed by atoms with Crippen molar-refractivity contribution in [2.45, 2.75) is 11.9 Å². The number of carbonyl (C=O) groups is 2. The molecular weight excluding hydrogens is 516 g/mol. The van der Waals surface area contributed by atoms with Crippen LogP contribution in [0.5, 0.6) is 5.88 Å². The number of fused-ring (bicyclic) bond motifs is 1.